The number of fused-ring (bicyclic) bond motifs is 2. The van der Waals surface area contributed by atoms with Crippen molar-refractivity contribution in [3.05, 3.63) is 77.9 Å². The van der Waals surface area contributed by atoms with E-state index >= 15 is 0 Å². The van der Waals surface area contributed by atoms with Gasteiger partial charge in [0.25, 0.3) is 5.91 Å². The van der Waals surface area contributed by atoms with E-state index in [1.165, 1.54) is 12.8 Å². The van der Waals surface area contributed by atoms with E-state index < -0.39 is 0 Å². The molecule has 2 aliphatic heterocycles. The highest BCUT2D eigenvalue weighted by Gasteiger charge is 2.41. The van der Waals surface area contributed by atoms with Crippen LogP contribution in [0.5, 0.6) is 5.75 Å². The molecule has 0 radical (unpaired) electrons. The summed E-state index contributed by atoms with van der Waals surface area (Å²) in [4.78, 5) is 19.1. The van der Waals surface area contributed by atoms with Crippen molar-refractivity contribution in [2.75, 3.05) is 33.7 Å². The first-order chi connectivity index (χ1) is 15.0. The number of phenolic OH excluding ortho intramolecular Hbond substituents is 1. The maximum atomic E-state index is 12.4. The molecule has 0 aliphatic carbocycles. The molecule has 2 aliphatic rings. The third-order valence-corrected chi connectivity index (χ3v) is 6.67. The first kappa shape index (κ1) is 21.6. The van der Waals surface area contributed by atoms with Gasteiger partial charge in [0.1, 0.15) is 5.75 Å². The van der Waals surface area contributed by atoms with Crippen LogP contribution in [0.3, 0.4) is 0 Å². The number of benzene rings is 2. The van der Waals surface area contributed by atoms with Gasteiger partial charge in [-0.25, -0.2) is 0 Å². The van der Waals surface area contributed by atoms with Gasteiger partial charge in [0.15, 0.2) is 0 Å². The van der Waals surface area contributed by atoms with Gasteiger partial charge in [-0.05, 0) is 54.7 Å². The van der Waals surface area contributed by atoms with Crippen molar-refractivity contribution in [1.82, 2.24) is 14.7 Å². The molecule has 2 heterocycles. The smallest absolute Gasteiger partial charge is 0.253 e. The predicted octanol–water partition coefficient (Wildman–Crippen LogP) is 3.91. The summed E-state index contributed by atoms with van der Waals surface area (Å²) in [5.41, 5.74) is 2.95. The average Bonchev–Trinajstić information content (AvgIpc) is 3.04. The number of hydrogen-bond acceptors (Lipinski definition) is 4. The Kier molecular flexibility index (Phi) is 6.44. The van der Waals surface area contributed by atoms with E-state index in [0.717, 1.165) is 37.2 Å². The standard InChI is InChI=1S/C26H33N3O2/c1-4-15-28-16-14-22-12-13-23(18-28)29(22)25(21-6-5-7-24(30)17-21)19-8-10-20(11-9-19)26(31)27(2)3/h4-11,17,22-23,25,30H,1,12-16,18H2,2-3H3. The Bertz CT molecular complexity index is 925. The Hall–Kier alpha value is -2.63. The molecule has 5 heteroatoms. The van der Waals surface area contributed by atoms with E-state index in [1.54, 1.807) is 25.1 Å². The van der Waals surface area contributed by atoms with Crippen LogP contribution in [0.15, 0.2) is 61.2 Å². The second kappa shape index (κ2) is 9.25. The van der Waals surface area contributed by atoms with Crippen molar-refractivity contribution in [2.45, 2.75) is 37.4 Å². The van der Waals surface area contributed by atoms with Crippen LogP contribution in [0.1, 0.15) is 46.8 Å². The van der Waals surface area contributed by atoms with Crippen molar-refractivity contribution in [1.29, 1.82) is 0 Å². The van der Waals surface area contributed by atoms with Gasteiger partial charge >= 0.3 is 0 Å². The summed E-state index contributed by atoms with van der Waals surface area (Å²) in [5, 5.41) is 10.2. The maximum absolute atomic E-state index is 12.4. The molecule has 2 saturated heterocycles. The number of carbonyl (C=O) groups is 1. The Morgan fingerprint density at radius 2 is 1.87 bits per heavy atom. The summed E-state index contributed by atoms with van der Waals surface area (Å²) >= 11 is 0. The summed E-state index contributed by atoms with van der Waals surface area (Å²) in [6.07, 6.45) is 5.53. The molecule has 0 aromatic heterocycles. The lowest BCUT2D eigenvalue weighted by Crippen LogP contribution is -2.42. The highest BCUT2D eigenvalue weighted by Crippen LogP contribution is 2.41. The fourth-order valence-electron chi connectivity index (χ4n) is 5.25. The van der Waals surface area contributed by atoms with Crippen molar-refractivity contribution in [3.8, 4) is 5.75 Å². The monoisotopic (exact) mass is 419 g/mol. The van der Waals surface area contributed by atoms with Crippen LogP contribution < -0.4 is 0 Å². The first-order valence-corrected chi connectivity index (χ1v) is 11.2. The number of amides is 1. The SMILES string of the molecule is C=CCN1CCC2CCC(C1)N2C(c1ccc(C(=O)N(C)C)cc1)c1cccc(O)c1. The van der Waals surface area contributed by atoms with Crippen LogP contribution in [0.4, 0.5) is 0 Å². The minimum Gasteiger partial charge on any atom is -0.508 e. The number of rotatable bonds is 6. The fourth-order valence-corrected chi connectivity index (χ4v) is 5.25. The number of nitrogens with zero attached hydrogens (tertiary/aromatic N) is 3. The molecule has 1 N–H and O–H groups in total. The zero-order chi connectivity index (χ0) is 22.0. The second-order valence-corrected chi connectivity index (χ2v) is 8.99. The Labute approximate surface area is 185 Å². The molecule has 3 unspecified atom stereocenters. The summed E-state index contributed by atoms with van der Waals surface area (Å²) in [5.74, 6) is 0.299. The number of aromatic hydroxyl groups is 1. The molecular formula is C26H33N3O2. The second-order valence-electron chi connectivity index (χ2n) is 8.99. The summed E-state index contributed by atoms with van der Waals surface area (Å²) in [6, 6.07) is 16.7. The van der Waals surface area contributed by atoms with E-state index in [2.05, 4.69) is 34.6 Å². The number of phenols is 1. The number of carbonyl (C=O) groups excluding carboxylic acids is 1. The molecule has 2 fully saturated rings. The molecule has 2 bridgehead atoms. The highest BCUT2D eigenvalue weighted by molar-refractivity contribution is 5.93. The van der Waals surface area contributed by atoms with Gasteiger partial charge in [0, 0.05) is 51.4 Å². The third-order valence-electron chi connectivity index (χ3n) is 6.67. The van der Waals surface area contributed by atoms with Crippen molar-refractivity contribution >= 4 is 5.91 Å². The van der Waals surface area contributed by atoms with Gasteiger partial charge in [-0.3, -0.25) is 14.6 Å². The zero-order valence-corrected chi connectivity index (χ0v) is 18.6. The van der Waals surface area contributed by atoms with Crippen LogP contribution in [-0.2, 0) is 0 Å². The average molecular weight is 420 g/mol. The van der Waals surface area contributed by atoms with E-state index in [9.17, 15) is 9.90 Å². The van der Waals surface area contributed by atoms with Crippen molar-refractivity contribution in [2.24, 2.45) is 0 Å². The number of likely N-dealkylation sites (tertiary alicyclic amines) is 1. The molecular weight excluding hydrogens is 386 g/mol. The Balaban J connectivity index is 1.72. The zero-order valence-electron chi connectivity index (χ0n) is 18.6. The van der Waals surface area contributed by atoms with Crippen LogP contribution in [0.2, 0.25) is 0 Å². The minimum atomic E-state index is 0.00960. The van der Waals surface area contributed by atoms with Gasteiger partial charge in [-0.15, -0.1) is 6.58 Å². The molecule has 2 aromatic carbocycles. The molecule has 0 saturated carbocycles. The van der Waals surface area contributed by atoms with Gasteiger partial charge in [-0.2, -0.15) is 0 Å². The molecule has 164 valence electrons. The van der Waals surface area contributed by atoms with Gasteiger partial charge in [0.2, 0.25) is 0 Å². The first-order valence-electron chi connectivity index (χ1n) is 11.2. The lowest BCUT2D eigenvalue weighted by Gasteiger charge is -2.37. The van der Waals surface area contributed by atoms with Gasteiger partial charge in [0.05, 0.1) is 6.04 Å². The van der Waals surface area contributed by atoms with Crippen LogP contribution in [0, 0.1) is 0 Å². The van der Waals surface area contributed by atoms with Crippen LogP contribution in [0.25, 0.3) is 0 Å². The minimum absolute atomic E-state index is 0.00960. The molecule has 5 nitrogen and oxygen atoms in total. The van der Waals surface area contributed by atoms with Gasteiger partial charge in [-0.1, -0.05) is 30.3 Å². The van der Waals surface area contributed by atoms with Crippen molar-refractivity contribution < 1.29 is 9.90 Å². The quantitative estimate of drug-likeness (QED) is 0.722. The summed E-state index contributed by atoms with van der Waals surface area (Å²) in [6.45, 7) is 6.98. The van der Waals surface area contributed by atoms with E-state index in [1.807, 2.05) is 30.3 Å². The Morgan fingerprint density at radius 3 is 2.55 bits per heavy atom. The summed E-state index contributed by atoms with van der Waals surface area (Å²) in [7, 11) is 3.55. The highest BCUT2D eigenvalue weighted by atomic mass is 16.3. The number of hydrogen-bond donors (Lipinski definition) is 1. The normalized spacial score (nSPS) is 22.6. The molecule has 4 rings (SSSR count). The molecule has 1 amide bonds. The van der Waals surface area contributed by atoms with E-state index in [4.69, 9.17) is 0 Å². The largest absolute Gasteiger partial charge is 0.508 e. The molecule has 31 heavy (non-hydrogen) atoms. The van der Waals surface area contributed by atoms with Crippen LogP contribution >= 0.6 is 0 Å². The van der Waals surface area contributed by atoms with Crippen molar-refractivity contribution in [3.63, 3.8) is 0 Å². The molecule has 2 aromatic rings. The lowest BCUT2D eigenvalue weighted by atomic mass is 9.94. The lowest BCUT2D eigenvalue weighted by molar-refractivity contribution is 0.0827. The molecule has 3 atom stereocenters. The third kappa shape index (κ3) is 4.53. The maximum Gasteiger partial charge on any atom is 0.253 e. The van der Waals surface area contributed by atoms with Crippen LogP contribution in [-0.4, -0.2) is 71.5 Å². The van der Waals surface area contributed by atoms with E-state index in [0.29, 0.717) is 17.6 Å². The van der Waals surface area contributed by atoms with Gasteiger partial charge < -0.3 is 10.0 Å². The predicted molar refractivity (Wildman–Crippen MR) is 124 cm³/mol. The Morgan fingerprint density at radius 1 is 1.13 bits per heavy atom. The molecule has 0 spiro atoms. The summed E-state index contributed by atoms with van der Waals surface area (Å²) < 4.78 is 0. The topological polar surface area (TPSA) is 47.0 Å². The fraction of sp³-hybridized carbons (Fsp3) is 0.423. The van der Waals surface area contributed by atoms with E-state index in [-0.39, 0.29) is 17.7 Å².